The number of nitrogens with one attached hydrogen (secondary N) is 2. The second kappa shape index (κ2) is 9.99. The van der Waals surface area contributed by atoms with Gasteiger partial charge < -0.3 is 20.9 Å². The van der Waals surface area contributed by atoms with Gasteiger partial charge in [-0.2, -0.15) is 18.2 Å². The first kappa shape index (κ1) is 28.0. The monoisotopic (exact) mass is 588 g/mol. The summed E-state index contributed by atoms with van der Waals surface area (Å²) in [5, 5.41) is 3.65. The normalized spacial score (nSPS) is 20.3. The molecule has 2 saturated heterocycles. The molecule has 2 fully saturated rings. The fourth-order valence-corrected chi connectivity index (χ4v) is 7.39. The number of H-pyrrole nitrogens is 1. The van der Waals surface area contributed by atoms with Gasteiger partial charge in [0.2, 0.25) is 5.95 Å². The molecule has 6 rings (SSSR count). The molecule has 0 amide bonds. The van der Waals surface area contributed by atoms with Gasteiger partial charge in [0.1, 0.15) is 10.6 Å². The summed E-state index contributed by atoms with van der Waals surface area (Å²) in [7, 11) is 1.72. The maximum Gasteiger partial charge on any atom is 0.393 e. The summed E-state index contributed by atoms with van der Waals surface area (Å²) >= 11 is 1.08. The highest BCUT2D eigenvalue weighted by atomic mass is 32.1. The van der Waals surface area contributed by atoms with Crippen molar-refractivity contribution in [3.8, 4) is 0 Å². The highest BCUT2D eigenvalue weighted by Gasteiger charge is 2.44. The number of hydrogen-bond donors (Lipinski definition) is 3. The van der Waals surface area contributed by atoms with Crippen molar-refractivity contribution in [1.29, 1.82) is 0 Å². The SMILES string of the molecule is CNc1nc(N2CCC3(CCN(Cc4ccc5c(c4)[nH]c(=O)n5CC(C)(C)N)C3)C2)c2cc(CC(F)(F)F)sc2n1. The molecular weight excluding hydrogens is 553 g/mol. The molecule has 4 N–H and O–H groups in total. The predicted molar refractivity (Wildman–Crippen MR) is 157 cm³/mol. The van der Waals surface area contributed by atoms with E-state index in [1.807, 2.05) is 19.9 Å². The number of nitrogens with two attached hydrogens (primary N) is 1. The second-order valence-electron chi connectivity index (χ2n) is 12.3. The summed E-state index contributed by atoms with van der Waals surface area (Å²) in [5.74, 6) is 1.12. The molecule has 13 heteroatoms. The quantitative estimate of drug-likeness (QED) is 0.295. The Morgan fingerprint density at radius 3 is 2.66 bits per heavy atom. The van der Waals surface area contributed by atoms with Crippen LogP contribution in [-0.2, 0) is 19.5 Å². The molecule has 1 unspecified atom stereocenters. The van der Waals surface area contributed by atoms with Crippen molar-refractivity contribution >= 4 is 44.4 Å². The first-order valence-electron chi connectivity index (χ1n) is 13.8. The molecule has 0 saturated carbocycles. The Morgan fingerprint density at radius 1 is 1.15 bits per heavy atom. The van der Waals surface area contributed by atoms with Crippen molar-refractivity contribution in [2.24, 2.45) is 11.1 Å². The van der Waals surface area contributed by atoms with Gasteiger partial charge in [0.25, 0.3) is 0 Å². The molecule has 3 aromatic heterocycles. The van der Waals surface area contributed by atoms with Crippen molar-refractivity contribution < 1.29 is 13.2 Å². The summed E-state index contributed by atoms with van der Waals surface area (Å²) in [6.07, 6.45) is -3.19. The minimum Gasteiger partial charge on any atom is -0.357 e. The molecule has 41 heavy (non-hydrogen) atoms. The third-order valence-corrected chi connectivity index (χ3v) is 9.12. The number of benzene rings is 1. The van der Waals surface area contributed by atoms with Gasteiger partial charge in [-0.3, -0.25) is 9.47 Å². The Balaban J connectivity index is 1.18. The van der Waals surface area contributed by atoms with Gasteiger partial charge in [-0.1, -0.05) is 6.07 Å². The van der Waals surface area contributed by atoms with E-state index in [1.165, 1.54) is 0 Å². The summed E-state index contributed by atoms with van der Waals surface area (Å²) in [4.78, 5) is 30.1. The second-order valence-corrected chi connectivity index (χ2v) is 13.4. The third kappa shape index (κ3) is 5.80. The topological polar surface area (TPSA) is 108 Å². The lowest BCUT2D eigenvalue weighted by Gasteiger charge is -2.25. The van der Waals surface area contributed by atoms with Gasteiger partial charge in [-0.05, 0) is 57.0 Å². The first-order valence-corrected chi connectivity index (χ1v) is 14.6. The Labute approximate surface area is 239 Å². The molecule has 1 aromatic carbocycles. The standard InChI is InChI=1S/C28H35F3N8OS/c1-26(2,32)14-39-21-5-4-17(10-20(21)34-25(39)40)13-37-8-6-27(15-37)7-9-38(16-27)22-19-11-18(12-28(29,30)31)41-23(19)36-24(33-3)35-22/h4-5,10-11H,6-9,12-16,32H2,1-3H3,(H,34,40)(H,33,35,36). The minimum absolute atomic E-state index is 0.0936. The molecular formula is C28H35F3N8OS. The van der Waals surface area contributed by atoms with Crippen LogP contribution in [-0.4, -0.2) is 69.4 Å². The molecule has 9 nitrogen and oxygen atoms in total. The lowest BCUT2D eigenvalue weighted by atomic mass is 9.86. The highest BCUT2D eigenvalue weighted by molar-refractivity contribution is 7.18. The number of hydrogen-bond acceptors (Lipinski definition) is 8. The number of alkyl halides is 3. The zero-order valence-corrected chi connectivity index (χ0v) is 24.3. The van der Waals surface area contributed by atoms with Crippen LogP contribution in [0.5, 0.6) is 0 Å². The number of aromatic nitrogens is 4. The van der Waals surface area contributed by atoms with Crippen LogP contribution in [0.4, 0.5) is 24.9 Å². The highest BCUT2D eigenvalue weighted by Crippen LogP contribution is 2.43. The number of rotatable bonds is 7. The molecule has 2 aliphatic heterocycles. The summed E-state index contributed by atoms with van der Waals surface area (Å²) in [6.45, 7) is 8.49. The summed E-state index contributed by atoms with van der Waals surface area (Å²) in [5.41, 5.74) is 8.40. The molecule has 1 atom stereocenters. The number of fused-ring (bicyclic) bond motifs is 2. The Hall–Kier alpha value is -3.16. The average molecular weight is 589 g/mol. The fourth-order valence-electron chi connectivity index (χ4n) is 6.34. The molecule has 0 bridgehead atoms. The van der Waals surface area contributed by atoms with Crippen LogP contribution in [0.15, 0.2) is 29.1 Å². The minimum atomic E-state index is -4.27. The van der Waals surface area contributed by atoms with E-state index in [-0.39, 0.29) is 16.0 Å². The van der Waals surface area contributed by atoms with Crippen molar-refractivity contribution in [3.05, 3.63) is 45.2 Å². The van der Waals surface area contributed by atoms with Crippen LogP contribution >= 0.6 is 11.3 Å². The number of imidazole rings is 1. The number of nitrogens with zero attached hydrogens (tertiary/aromatic N) is 5. The number of anilines is 2. The van der Waals surface area contributed by atoms with E-state index < -0.39 is 18.1 Å². The summed E-state index contributed by atoms with van der Waals surface area (Å²) in [6, 6.07) is 7.73. The van der Waals surface area contributed by atoms with E-state index in [4.69, 9.17) is 5.73 Å². The van der Waals surface area contributed by atoms with E-state index >= 15 is 0 Å². The van der Waals surface area contributed by atoms with Gasteiger partial charge >= 0.3 is 11.9 Å². The van der Waals surface area contributed by atoms with Crippen molar-refractivity contribution in [2.75, 3.05) is 43.4 Å². The van der Waals surface area contributed by atoms with Gasteiger partial charge in [0.15, 0.2) is 0 Å². The van der Waals surface area contributed by atoms with E-state index in [9.17, 15) is 18.0 Å². The number of thiophene rings is 1. The van der Waals surface area contributed by atoms with Gasteiger partial charge in [0.05, 0.1) is 22.8 Å². The van der Waals surface area contributed by atoms with E-state index in [1.54, 1.807) is 17.7 Å². The van der Waals surface area contributed by atoms with Gasteiger partial charge in [0, 0.05) is 55.6 Å². The molecule has 0 aliphatic carbocycles. The third-order valence-electron chi connectivity index (χ3n) is 8.09. The van der Waals surface area contributed by atoms with Gasteiger partial charge in [-0.15, -0.1) is 11.3 Å². The largest absolute Gasteiger partial charge is 0.393 e. The van der Waals surface area contributed by atoms with Gasteiger partial charge in [-0.25, -0.2) is 9.78 Å². The van der Waals surface area contributed by atoms with E-state index in [2.05, 4.69) is 42.2 Å². The molecule has 2 aliphatic rings. The van der Waals surface area contributed by atoms with Crippen LogP contribution in [0.2, 0.25) is 0 Å². The van der Waals surface area contributed by atoms with E-state index in [0.717, 1.165) is 73.5 Å². The van der Waals surface area contributed by atoms with Crippen LogP contribution in [0, 0.1) is 5.41 Å². The molecule has 0 radical (unpaired) electrons. The Kier molecular flexibility index (Phi) is 6.82. The number of likely N-dealkylation sites (tertiary alicyclic amines) is 1. The van der Waals surface area contributed by atoms with Crippen LogP contribution in [0.1, 0.15) is 37.1 Å². The van der Waals surface area contributed by atoms with E-state index in [0.29, 0.717) is 28.5 Å². The van der Waals surface area contributed by atoms with Crippen molar-refractivity contribution in [1.82, 2.24) is 24.4 Å². The maximum atomic E-state index is 13.1. The van der Waals surface area contributed by atoms with Crippen LogP contribution in [0.3, 0.4) is 0 Å². The molecule has 220 valence electrons. The molecule has 1 spiro atoms. The van der Waals surface area contributed by atoms with Crippen molar-refractivity contribution in [3.63, 3.8) is 0 Å². The zero-order chi connectivity index (χ0) is 29.2. The molecule has 5 heterocycles. The first-order chi connectivity index (χ1) is 19.3. The Bertz CT molecular complexity index is 1650. The van der Waals surface area contributed by atoms with Crippen LogP contribution < -0.4 is 21.6 Å². The van der Waals surface area contributed by atoms with Crippen molar-refractivity contribution in [2.45, 2.75) is 57.9 Å². The lowest BCUT2D eigenvalue weighted by Crippen LogP contribution is -2.39. The summed E-state index contributed by atoms with van der Waals surface area (Å²) < 4.78 is 41.0. The maximum absolute atomic E-state index is 13.1. The number of halogens is 3. The Morgan fingerprint density at radius 2 is 1.93 bits per heavy atom. The predicted octanol–water partition coefficient (Wildman–Crippen LogP) is 4.32. The zero-order valence-electron chi connectivity index (χ0n) is 23.4. The molecule has 4 aromatic rings. The smallest absolute Gasteiger partial charge is 0.357 e. The average Bonchev–Trinajstić information content (AvgIpc) is 3.64. The fraction of sp³-hybridized carbons (Fsp3) is 0.536. The lowest BCUT2D eigenvalue weighted by molar-refractivity contribution is -0.126. The number of aromatic amines is 1. The van der Waals surface area contributed by atoms with Crippen LogP contribution in [0.25, 0.3) is 21.3 Å².